The molecule has 1 unspecified atom stereocenters. The highest BCUT2D eigenvalue weighted by Gasteiger charge is 2.45. The standard InChI is InChI=1S/C21H31FN2O/c1-4-21(12-13-23(3)5-2)15-24(20(25)16-8-6-7-9-16)19-11-10-17(22)14-18(19)21/h10-11,14,16H,4-9,12-13,15H2,1-3H3. The van der Waals surface area contributed by atoms with E-state index < -0.39 is 0 Å². The number of hydrogen-bond acceptors (Lipinski definition) is 2. The smallest absolute Gasteiger partial charge is 0.230 e. The molecule has 0 aromatic heterocycles. The zero-order valence-electron chi connectivity index (χ0n) is 15.9. The predicted octanol–water partition coefficient (Wildman–Crippen LogP) is 4.35. The van der Waals surface area contributed by atoms with Crippen molar-refractivity contribution >= 4 is 11.6 Å². The first-order valence-electron chi connectivity index (χ1n) is 9.80. The summed E-state index contributed by atoms with van der Waals surface area (Å²) in [5.74, 6) is 0.212. The molecule has 1 amide bonds. The van der Waals surface area contributed by atoms with E-state index in [2.05, 4.69) is 25.8 Å². The second kappa shape index (κ2) is 7.45. The topological polar surface area (TPSA) is 23.6 Å². The summed E-state index contributed by atoms with van der Waals surface area (Å²) in [6.07, 6.45) is 6.20. The fourth-order valence-electron chi connectivity index (χ4n) is 4.49. The van der Waals surface area contributed by atoms with Crippen molar-refractivity contribution in [3.63, 3.8) is 0 Å². The lowest BCUT2D eigenvalue weighted by molar-refractivity contribution is -0.122. The summed E-state index contributed by atoms with van der Waals surface area (Å²) < 4.78 is 14.0. The minimum atomic E-state index is -0.199. The Balaban J connectivity index is 1.92. The van der Waals surface area contributed by atoms with Gasteiger partial charge >= 0.3 is 0 Å². The Morgan fingerprint density at radius 2 is 2.04 bits per heavy atom. The molecule has 1 atom stereocenters. The fourth-order valence-corrected chi connectivity index (χ4v) is 4.49. The second-order valence-corrected chi connectivity index (χ2v) is 7.85. The Morgan fingerprint density at radius 1 is 1.32 bits per heavy atom. The number of nitrogens with zero attached hydrogens (tertiary/aromatic N) is 2. The highest BCUT2D eigenvalue weighted by molar-refractivity contribution is 5.98. The molecule has 0 saturated heterocycles. The van der Waals surface area contributed by atoms with Crippen LogP contribution in [0.3, 0.4) is 0 Å². The van der Waals surface area contributed by atoms with Gasteiger partial charge in [-0.05, 0) is 69.6 Å². The van der Waals surface area contributed by atoms with E-state index in [1.807, 2.05) is 11.0 Å². The van der Waals surface area contributed by atoms with E-state index in [9.17, 15) is 9.18 Å². The van der Waals surface area contributed by atoms with Gasteiger partial charge in [-0.25, -0.2) is 4.39 Å². The van der Waals surface area contributed by atoms with E-state index in [0.29, 0.717) is 6.54 Å². The van der Waals surface area contributed by atoms with Gasteiger partial charge < -0.3 is 9.80 Å². The molecule has 1 aliphatic carbocycles. The first-order chi connectivity index (χ1) is 12.0. The third-order valence-electron chi connectivity index (χ3n) is 6.44. The quantitative estimate of drug-likeness (QED) is 0.764. The first-order valence-corrected chi connectivity index (χ1v) is 9.80. The maximum Gasteiger partial charge on any atom is 0.230 e. The van der Waals surface area contributed by atoms with Crippen LogP contribution in [0.5, 0.6) is 0 Å². The van der Waals surface area contributed by atoms with Crippen LogP contribution >= 0.6 is 0 Å². The van der Waals surface area contributed by atoms with Crippen molar-refractivity contribution < 1.29 is 9.18 Å². The summed E-state index contributed by atoms with van der Waals surface area (Å²) in [7, 11) is 2.12. The van der Waals surface area contributed by atoms with Crippen LogP contribution in [-0.2, 0) is 10.2 Å². The fraction of sp³-hybridized carbons (Fsp3) is 0.667. The average Bonchev–Trinajstić information content (AvgIpc) is 3.26. The number of anilines is 1. The lowest BCUT2D eigenvalue weighted by Gasteiger charge is -2.31. The Kier molecular flexibility index (Phi) is 5.47. The minimum Gasteiger partial charge on any atom is -0.311 e. The van der Waals surface area contributed by atoms with Gasteiger partial charge in [0.25, 0.3) is 0 Å². The molecular weight excluding hydrogens is 315 g/mol. The molecule has 0 bridgehead atoms. The molecule has 0 radical (unpaired) electrons. The van der Waals surface area contributed by atoms with E-state index in [1.165, 1.54) is 6.07 Å². The van der Waals surface area contributed by atoms with E-state index in [-0.39, 0.29) is 23.1 Å². The van der Waals surface area contributed by atoms with Crippen molar-refractivity contribution in [3.8, 4) is 0 Å². The van der Waals surface area contributed by atoms with Crippen molar-refractivity contribution in [2.75, 3.05) is 31.6 Å². The summed E-state index contributed by atoms with van der Waals surface area (Å²) >= 11 is 0. The van der Waals surface area contributed by atoms with Crippen molar-refractivity contribution in [1.29, 1.82) is 0 Å². The van der Waals surface area contributed by atoms with Crippen LogP contribution in [0.4, 0.5) is 10.1 Å². The first kappa shape index (κ1) is 18.4. The summed E-state index contributed by atoms with van der Waals surface area (Å²) in [4.78, 5) is 17.4. The molecule has 1 fully saturated rings. The molecule has 1 aliphatic heterocycles. The average molecular weight is 346 g/mol. The Bertz CT molecular complexity index is 626. The molecule has 1 heterocycles. The number of rotatable bonds is 6. The van der Waals surface area contributed by atoms with Crippen LogP contribution in [0.1, 0.15) is 57.9 Å². The maximum absolute atomic E-state index is 14.0. The monoisotopic (exact) mass is 346 g/mol. The van der Waals surface area contributed by atoms with E-state index >= 15 is 0 Å². The number of amides is 1. The van der Waals surface area contributed by atoms with Gasteiger partial charge in [0, 0.05) is 23.6 Å². The molecule has 3 rings (SSSR count). The van der Waals surface area contributed by atoms with Gasteiger partial charge in [-0.2, -0.15) is 0 Å². The van der Waals surface area contributed by atoms with Crippen molar-refractivity contribution in [3.05, 3.63) is 29.6 Å². The van der Waals surface area contributed by atoms with E-state index in [4.69, 9.17) is 0 Å². The molecule has 1 aromatic carbocycles. The van der Waals surface area contributed by atoms with E-state index in [1.54, 1.807) is 6.07 Å². The predicted molar refractivity (Wildman–Crippen MR) is 100 cm³/mol. The summed E-state index contributed by atoms with van der Waals surface area (Å²) in [6.45, 7) is 6.99. The third kappa shape index (κ3) is 3.46. The van der Waals surface area contributed by atoms with Gasteiger partial charge in [0.15, 0.2) is 0 Å². The van der Waals surface area contributed by atoms with Crippen LogP contribution in [0.2, 0.25) is 0 Å². The van der Waals surface area contributed by atoms with Crippen LogP contribution in [0, 0.1) is 11.7 Å². The van der Waals surface area contributed by atoms with Gasteiger partial charge in [-0.3, -0.25) is 4.79 Å². The summed E-state index contributed by atoms with van der Waals surface area (Å²) in [5.41, 5.74) is 1.85. The van der Waals surface area contributed by atoms with Gasteiger partial charge in [-0.15, -0.1) is 0 Å². The van der Waals surface area contributed by atoms with Crippen molar-refractivity contribution in [2.45, 2.75) is 57.8 Å². The normalized spacial score (nSPS) is 23.5. The van der Waals surface area contributed by atoms with Gasteiger partial charge in [0.1, 0.15) is 5.82 Å². The molecule has 1 aromatic rings. The SMILES string of the molecule is CCN(C)CCC1(CC)CN(C(=O)C2CCCC2)c2ccc(F)cc21. The molecule has 3 nitrogen and oxygen atoms in total. The zero-order valence-corrected chi connectivity index (χ0v) is 15.9. The highest BCUT2D eigenvalue weighted by atomic mass is 19.1. The Morgan fingerprint density at radius 3 is 2.68 bits per heavy atom. The molecule has 25 heavy (non-hydrogen) atoms. The number of halogens is 1. The molecule has 0 spiro atoms. The van der Waals surface area contributed by atoms with Crippen LogP contribution in [0.25, 0.3) is 0 Å². The van der Waals surface area contributed by atoms with Gasteiger partial charge in [-0.1, -0.05) is 26.7 Å². The molecule has 4 heteroatoms. The summed E-state index contributed by atoms with van der Waals surface area (Å²) in [6, 6.07) is 4.99. The highest BCUT2D eigenvalue weighted by Crippen LogP contribution is 2.46. The lowest BCUT2D eigenvalue weighted by atomic mass is 9.77. The zero-order chi connectivity index (χ0) is 18.0. The second-order valence-electron chi connectivity index (χ2n) is 7.85. The van der Waals surface area contributed by atoms with Crippen LogP contribution in [-0.4, -0.2) is 37.5 Å². The Labute approximate surface area is 151 Å². The van der Waals surface area contributed by atoms with E-state index in [0.717, 1.165) is 62.9 Å². The molecule has 1 saturated carbocycles. The summed E-state index contributed by atoms with van der Waals surface area (Å²) in [5, 5.41) is 0. The van der Waals surface area contributed by atoms with Crippen LogP contribution in [0.15, 0.2) is 18.2 Å². The van der Waals surface area contributed by atoms with Gasteiger partial charge in [0.2, 0.25) is 5.91 Å². The van der Waals surface area contributed by atoms with Crippen molar-refractivity contribution in [2.24, 2.45) is 5.92 Å². The largest absolute Gasteiger partial charge is 0.311 e. The number of fused-ring (bicyclic) bond motifs is 1. The van der Waals surface area contributed by atoms with Crippen molar-refractivity contribution in [1.82, 2.24) is 4.90 Å². The van der Waals surface area contributed by atoms with Crippen LogP contribution < -0.4 is 4.90 Å². The molecule has 2 aliphatic rings. The molecular formula is C21H31FN2O. The lowest BCUT2D eigenvalue weighted by Crippen LogP contribution is -2.40. The molecule has 138 valence electrons. The van der Waals surface area contributed by atoms with Gasteiger partial charge in [0.05, 0.1) is 0 Å². The molecule has 0 N–H and O–H groups in total. The minimum absolute atomic E-state index is 0.130. The Hall–Kier alpha value is -1.42. The number of carbonyl (C=O) groups excluding carboxylic acids is 1. The number of benzene rings is 1. The number of hydrogen-bond donors (Lipinski definition) is 0. The number of carbonyl (C=O) groups is 1. The maximum atomic E-state index is 14.0. The third-order valence-corrected chi connectivity index (χ3v) is 6.44.